The van der Waals surface area contributed by atoms with Crippen LogP contribution in [-0.2, 0) is 4.79 Å². The molecule has 21 heteroatoms. The SMILES string of the molecule is CCCCCCCN.CCCCCCCN.CCCCCCCNC.O.O=C(O)C(F)(F)C(F)(F)C(F)(F)C(F)(F)C(F)(F)C(F)(F)C(F)(F)F.[2HH]. The van der Waals surface area contributed by atoms with Crippen molar-refractivity contribution in [1.29, 1.82) is 0 Å². The molecule has 0 heterocycles. The lowest BCUT2D eigenvalue weighted by Gasteiger charge is -2.40. The normalized spacial score (nSPS) is 12.7. The van der Waals surface area contributed by atoms with Gasteiger partial charge in [-0.3, -0.25) is 0 Å². The van der Waals surface area contributed by atoms with Crippen molar-refractivity contribution >= 4 is 5.97 Å². The maximum absolute atomic E-state index is 12.8. The number of hydrogen-bond acceptors (Lipinski definition) is 4. The third-order valence-corrected chi connectivity index (χ3v) is 6.74. The molecule has 316 valence electrons. The summed E-state index contributed by atoms with van der Waals surface area (Å²) in [6, 6.07) is 0. The summed E-state index contributed by atoms with van der Waals surface area (Å²) < 4.78 is 187. The molecule has 0 bridgehead atoms. The van der Waals surface area contributed by atoms with Crippen LogP contribution in [0.15, 0.2) is 0 Å². The predicted octanol–water partition coefficient (Wildman–Crippen LogP) is 9.87. The molecule has 0 fully saturated rings. The van der Waals surface area contributed by atoms with Crippen LogP contribution in [0.3, 0.4) is 0 Å². The van der Waals surface area contributed by atoms with Gasteiger partial charge in [-0.2, -0.15) is 65.9 Å². The minimum atomic E-state index is -8.47. The quantitative estimate of drug-likeness (QED) is 0.0640. The molecule has 6 nitrogen and oxygen atoms in total. The van der Waals surface area contributed by atoms with Gasteiger partial charge in [0.1, 0.15) is 0 Å². The summed E-state index contributed by atoms with van der Waals surface area (Å²) in [5.41, 5.74) is 10.6. The summed E-state index contributed by atoms with van der Waals surface area (Å²) in [5.74, 6) is -52.8. The van der Waals surface area contributed by atoms with Crippen molar-refractivity contribution < 1.29 is 82.7 Å². The summed E-state index contributed by atoms with van der Waals surface area (Å²) in [6.45, 7) is 9.61. The number of nitrogens with one attached hydrogen (secondary N) is 1. The highest BCUT2D eigenvalue weighted by Crippen LogP contribution is 2.62. The molecular weight excluding hydrogens is 735 g/mol. The van der Waals surface area contributed by atoms with E-state index in [2.05, 4.69) is 26.1 Å². The number of carboxylic acid groups (broad SMARTS) is 1. The molecule has 8 N–H and O–H groups in total. The number of hydrogen-bond donors (Lipinski definition) is 4. The van der Waals surface area contributed by atoms with Crippen LogP contribution in [0.25, 0.3) is 0 Å². The Labute approximate surface area is 291 Å². The van der Waals surface area contributed by atoms with Crippen molar-refractivity contribution in [3.8, 4) is 0 Å². The molecule has 0 atom stereocenters. The number of alkyl halides is 15. The number of rotatable bonds is 22. The molecule has 0 aromatic heterocycles. The van der Waals surface area contributed by atoms with Crippen LogP contribution >= 0.6 is 0 Å². The topological polar surface area (TPSA) is 133 Å². The first kappa shape index (κ1) is 58.6. The summed E-state index contributed by atoms with van der Waals surface area (Å²) in [7, 11) is 2.01. The minimum Gasteiger partial charge on any atom is -0.477 e. The van der Waals surface area contributed by atoms with Gasteiger partial charge in [0.2, 0.25) is 0 Å². The van der Waals surface area contributed by atoms with Gasteiger partial charge in [-0.1, -0.05) is 97.8 Å². The Hall–Kier alpha value is -1.74. The zero-order valence-corrected chi connectivity index (χ0v) is 29.4. The minimum absolute atomic E-state index is 0. The molecule has 0 unspecified atom stereocenters. The van der Waals surface area contributed by atoms with Crippen LogP contribution in [-0.4, -0.2) is 84.9 Å². The van der Waals surface area contributed by atoms with Crippen LogP contribution in [0, 0.1) is 0 Å². The van der Waals surface area contributed by atoms with E-state index < -0.39 is 47.7 Å². The largest absolute Gasteiger partial charge is 0.477 e. The van der Waals surface area contributed by atoms with Gasteiger partial charge in [0, 0.05) is 1.43 Å². The molecule has 0 amide bonds. The van der Waals surface area contributed by atoms with Gasteiger partial charge in [-0.25, -0.2) is 4.79 Å². The number of nitrogens with two attached hydrogens (primary N) is 2. The Kier molecular flexibility index (Phi) is 31.9. The van der Waals surface area contributed by atoms with Crippen molar-refractivity contribution in [2.24, 2.45) is 11.5 Å². The Balaban J connectivity index is -0.000000160. The predicted molar refractivity (Wildman–Crippen MR) is 167 cm³/mol. The lowest BCUT2D eigenvalue weighted by Crippen LogP contribution is -2.73. The summed E-state index contributed by atoms with van der Waals surface area (Å²) in [5, 5.41) is 10.7. The number of aliphatic carboxylic acids is 1. The van der Waals surface area contributed by atoms with Crippen molar-refractivity contribution in [3.63, 3.8) is 0 Å². The lowest BCUT2D eigenvalue weighted by molar-refractivity contribution is -0.450. The highest BCUT2D eigenvalue weighted by Gasteiger charge is 2.94. The second-order valence-corrected chi connectivity index (χ2v) is 11.2. The highest BCUT2D eigenvalue weighted by molar-refractivity contribution is 5.77. The zero-order chi connectivity index (χ0) is 40.5. The van der Waals surface area contributed by atoms with E-state index in [0.717, 1.165) is 13.1 Å². The number of carbonyl (C=O) groups is 1. The molecule has 0 aliphatic rings. The first-order chi connectivity index (χ1) is 22.7. The van der Waals surface area contributed by atoms with Gasteiger partial charge in [0.05, 0.1) is 0 Å². The number of carboxylic acids is 1. The average Bonchev–Trinajstić information content (AvgIpc) is 3.01. The van der Waals surface area contributed by atoms with Crippen LogP contribution in [0.2, 0.25) is 0 Å². The maximum atomic E-state index is 12.8. The van der Waals surface area contributed by atoms with Crippen LogP contribution in [0.4, 0.5) is 65.9 Å². The summed E-state index contributed by atoms with van der Waals surface area (Å²) in [6.07, 6.45) is 12.4. The summed E-state index contributed by atoms with van der Waals surface area (Å²) in [4.78, 5) is 9.72. The summed E-state index contributed by atoms with van der Waals surface area (Å²) >= 11 is 0. The molecule has 51 heavy (non-hydrogen) atoms. The molecule has 0 aromatic carbocycles. The average molecular weight is 795 g/mol. The molecule has 0 saturated heterocycles. The van der Waals surface area contributed by atoms with Gasteiger partial charge < -0.3 is 27.4 Å². The van der Waals surface area contributed by atoms with E-state index in [1.165, 1.54) is 103 Å². The Morgan fingerprint density at radius 2 is 0.784 bits per heavy atom. The van der Waals surface area contributed by atoms with Gasteiger partial charge in [0.15, 0.2) is 0 Å². The molecule has 0 saturated carbocycles. The van der Waals surface area contributed by atoms with E-state index in [1.807, 2.05) is 7.05 Å². The van der Waals surface area contributed by atoms with Gasteiger partial charge >= 0.3 is 47.7 Å². The highest BCUT2D eigenvalue weighted by atomic mass is 19.4. The van der Waals surface area contributed by atoms with Crippen molar-refractivity contribution in [3.05, 3.63) is 0 Å². The standard InChI is InChI=1S/C8HF15O2.C8H19N.2C7H17N.H2O.H2/c9-2(10,1(24)25)3(11,12)4(13,14)5(15,16)6(17,18)7(19,20)8(21,22)23;1-3-4-5-6-7-8-9-2;2*1-2-3-4-5-6-7-8;;/h(H,24,25);9H,3-8H2,1-2H3;2*2-8H2,1H3;1H2;1H/i;;;;;1+1. The first-order valence-electron chi connectivity index (χ1n) is 16.3. The maximum Gasteiger partial charge on any atom is 0.460 e. The second kappa shape index (κ2) is 27.8. The lowest BCUT2D eigenvalue weighted by atomic mass is 9.91. The Morgan fingerprint density at radius 1 is 0.510 bits per heavy atom. The monoisotopic (exact) mass is 794 g/mol. The molecule has 0 aliphatic carbocycles. The fourth-order valence-corrected chi connectivity index (χ4v) is 3.50. The van der Waals surface area contributed by atoms with Crippen molar-refractivity contribution in [2.45, 2.75) is 159 Å². The second-order valence-electron chi connectivity index (χ2n) is 11.2. The Morgan fingerprint density at radius 3 is 1.04 bits per heavy atom. The molecule has 0 spiro atoms. The zero-order valence-electron chi connectivity index (χ0n) is 29.4. The number of halogens is 15. The molecule has 0 aliphatic heterocycles. The third kappa shape index (κ3) is 18.7. The van der Waals surface area contributed by atoms with E-state index in [0.29, 0.717) is 0 Å². The smallest absolute Gasteiger partial charge is 0.460 e. The van der Waals surface area contributed by atoms with E-state index in [-0.39, 0.29) is 6.90 Å². The van der Waals surface area contributed by atoms with E-state index in [4.69, 9.17) is 16.6 Å². The fraction of sp³-hybridized carbons (Fsp3) is 0.967. The van der Waals surface area contributed by atoms with Crippen molar-refractivity contribution in [1.82, 2.24) is 5.32 Å². The van der Waals surface area contributed by atoms with E-state index in [9.17, 15) is 70.7 Å². The van der Waals surface area contributed by atoms with E-state index in [1.54, 1.807) is 0 Å². The van der Waals surface area contributed by atoms with Crippen LogP contribution < -0.4 is 16.8 Å². The third-order valence-electron chi connectivity index (χ3n) is 6.74. The molecular formula is C30H58F15N3O3. The molecule has 0 radical (unpaired) electrons. The van der Waals surface area contributed by atoms with Crippen LogP contribution in [0.1, 0.15) is 119 Å². The van der Waals surface area contributed by atoms with Crippen LogP contribution in [0.5, 0.6) is 0 Å². The molecule has 0 rings (SSSR count). The van der Waals surface area contributed by atoms with Gasteiger partial charge in [-0.15, -0.1) is 0 Å². The fourth-order valence-electron chi connectivity index (χ4n) is 3.50. The number of unbranched alkanes of at least 4 members (excludes halogenated alkanes) is 12. The van der Waals surface area contributed by atoms with Crippen molar-refractivity contribution in [2.75, 3.05) is 26.7 Å². The Bertz CT molecular complexity index is 826. The molecule has 0 aromatic rings. The van der Waals surface area contributed by atoms with Gasteiger partial charge in [0.25, 0.3) is 0 Å². The van der Waals surface area contributed by atoms with Gasteiger partial charge in [-0.05, 0) is 45.9 Å². The van der Waals surface area contributed by atoms with E-state index >= 15 is 0 Å². The first-order valence-corrected chi connectivity index (χ1v) is 16.3.